The van der Waals surface area contributed by atoms with E-state index >= 15 is 0 Å². The number of thioether (sulfide) groups is 1. The van der Waals surface area contributed by atoms with Crippen molar-refractivity contribution in [2.75, 3.05) is 13.2 Å². The number of hydrogen-bond acceptors (Lipinski definition) is 3. The monoisotopic (exact) mass is 345 g/mol. The average molecular weight is 346 g/mol. The zero-order valence-electron chi connectivity index (χ0n) is 11.9. The highest BCUT2D eigenvalue weighted by molar-refractivity contribution is 9.10. The molecule has 0 aliphatic carbocycles. The summed E-state index contributed by atoms with van der Waals surface area (Å²) >= 11 is 5.35. The van der Waals surface area contributed by atoms with Crippen molar-refractivity contribution in [1.29, 1.82) is 0 Å². The summed E-state index contributed by atoms with van der Waals surface area (Å²) in [5, 5.41) is 13.5. The van der Waals surface area contributed by atoms with Gasteiger partial charge < -0.3 is 10.4 Å². The first kappa shape index (κ1) is 17.0. The molecule has 2 N–H and O–H groups in total. The van der Waals surface area contributed by atoms with Gasteiger partial charge in [0.2, 0.25) is 0 Å². The Morgan fingerprint density at radius 1 is 1.47 bits per heavy atom. The van der Waals surface area contributed by atoms with Crippen molar-refractivity contribution in [2.24, 2.45) is 0 Å². The highest BCUT2D eigenvalue weighted by Gasteiger charge is 2.25. The molecule has 1 aromatic rings. The largest absolute Gasteiger partial charge is 0.394 e. The van der Waals surface area contributed by atoms with Crippen LogP contribution in [0.1, 0.15) is 33.6 Å². The summed E-state index contributed by atoms with van der Waals surface area (Å²) in [5.74, 6) is 0. The van der Waals surface area contributed by atoms with Gasteiger partial charge in [0.25, 0.3) is 0 Å². The molecule has 1 aromatic carbocycles. The van der Waals surface area contributed by atoms with Crippen molar-refractivity contribution in [3.05, 3.63) is 28.7 Å². The molecule has 2 nitrogen and oxygen atoms in total. The molecule has 0 heterocycles. The van der Waals surface area contributed by atoms with Crippen LogP contribution >= 0.6 is 27.7 Å². The molecule has 2 unspecified atom stereocenters. The van der Waals surface area contributed by atoms with Gasteiger partial charge in [0.05, 0.1) is 6.61 Å². The maximum atomic E-state index is 9.59. The first-order valence-electron chi connectivity index (χ1n) is 6.77. The predicted molar refractivity (Wildman–Crippen MR) is 87.9 cm³/mol. The second kappa shape index (κ2) is 8.30. The van der Waals surface area contributed by atoms with Crippen LogP contribution in [0.4, 0.5) is 0 Å². The molecule has 0 radical (unpaired) electrons. The minimum Gasteiger partial charge on any atom is -0.394 e. The standard InChI is InChI=1S/C15H24BrNOS/c1-4-8-17-15(3,11-18)10-12(2)19-14-7-5-6-13(16)9-14/h5-7,9,12,17-18H,4,8,10-11H2,1-3H3. The summed E-state index contributed by atoms with van der Waals surface area (Å²) in [6.45, 7) is 7.58. The quantitative estimate of drug-likeness (QED) is 0.696. The molecule has 0 aliphatic heterocycles. The molecular weight excluding hydrogens is 322 g/mol. The smallest absolute Gasteiger partial charge is 0.0611 e. The Kier molecular flexibility index (Phi) is 7.44. The molecule has 0 bridgehead atoms. The van der Waals surface area contributed by atoms with Gasteiger partial charge in [-0.1, -0.05) is 35.8 Å². The van der Waals surface area contributed by atoms with Crippen molar-refractivity contribution < 1.29 is 5.11 Å². The number of aliphatic hydroxyl groups is 1. The Hall–Kier alpha value is -0.0300. The second-order valence-corrected chi connectivity index (χ2v) is 7.66. The van der Waals surface area contributed by atoms with Crippen LogP contribution in [0.3, 0.4) is 0 Å². The maximum Gasteiger partial charge on any atom is 0.0611 e. The normalized spacial score (nSPS) is 16.1. The van der Waals surface area contributed by atoms with Crippen LogP contribution in [-0.4, -0.2) is 29.0 Å². The van der Waals surface area contributed by atoms with E-state index in [0.717, 1.165) is 23.9 Å². The van der Waals surface area contributed by atoms with Crippen molar-refractivity contribution in [2.45, 2.75) is 49.3 Å². The summed E-state index contributed by atoms with van der Waals surface area (Å²) in [6.07, 6.45) is 2.03. The number of rotatable bonds is 8. The van der Waals surface area contributed by atoms with Gasteiger partial charge in [-0.3, -0.25) is 0 Å². The van der Waals surface area contributed by atoms with Crippen LogP contribution in [0.5, 0.6) is 0 Å². The van der Waals surface area contributed by atoms with E-state index < -0.39 is 0 Å². The predicted octanol–water partition coefficient (Wildman–Crippen LogP) is 4.07. The van der Waals surface area contributed by atoms with Gasteiger partial charge in [0.1, 0.15) is 0 Å². The highest BCUT2D eigenvalue weighted by atomic mass is 79.9. The Bertz CT molecular complexity index is 388. The Morgan fingerprint density at radius 2 is 2.21 bits per heavy atom. The summed E-state index contributed by atoms with van der Waals surface area (Å²) in [4.78, 5) is 1.26. The van der Waals surface area contributed by atoms with Crippen molar-refractivity contribution in [3.63, 3.8) is 0 Å². The van der Waals surface area contributed by atoms with Crippen molar-refractivity contribution >= 4 is 27.7 Å². The summed E-state index contributed by atoms with van der Waals surface area (Å²) < 4.78 is 1.11. The number of hydrogen-bond donors (Lipinski definition) is 2. The van der Waals surface area contributed by atoms with Crippen LogP contribution in [0.15, 0.2) is 33.6 Å². The average Bonchev–Trinajstić information content (AvgIpc) is 2.36. The number of benzene rings is 1. The minimum absolute atomic E-state index is 0.177. The molecular formula is C15H24BrNOS. The van der Waals surface area contributed by atoms with Gasteiger partial charge in [-0.05, 0) is 44.5 Å². The van der Waals surface area contributed by atoms with E-state index in [2.05, 4.69) is 60.2 Å². The van der Waals surface area contributed by atoms with Gasteiger partial charge in [-0.15, -0.1) is 11.8 Å². The molecule has 0 fully saturated rings. The SMILES string of the molecule is CCCNC(C)(CO)CC(C)Sc1cccc(Br)c1. The Morgan fingerprint density at radius 3 is 2.79 bits per heavy atom. The molecule has 0 spiro atoms. The van der Waals surface area contributed by atoms with E-state index in [1.165, 1.54) is 4.90 Å². The molecule has 4 heteroatoms. The summed E-state index contributed by atoms with van der Waals surface area (Å²) in [6, 6.07) is 8.35. The van der Waals surface area contributed by atoms with Crippen molar-refractivity contribution in [3.8, 4) is 0 Å². The van der Waals surface area contributed by atoms with Crippen molar-refractivity contribution in [1.82, 2.24) is 5.32 Å². The number of nitrogens with one attached hydrogen (secondary N) is 1. The summed E-state index contributed by atoms with van der Waals surface area (Å²) in [5.41, 5.74) is -0.186. The number of halogens is 1. The Labute approximate surface area is 129 Å². The molecule has 1 rings (SSSR count). The molecule has 0 saturated heterocycles. The third kappa shape index (κ3) is 6.30. The van der Waals surface area contributed by atoms with E-state index in [1.54, 1.807) is 0 Å². The van der Waals surface area contributed by atoms with E-state index in [-0.39, 0.29) is 12.1 Å². The summed E-state index contributed by atoms with van der Waals surface area (Å²) in [7, 11) is 0. The zero-order valence-corrected chi connectivity index (χ0v) is 14.4. The van der Waals surface area contributed by atoms with Crippen LogP contribution in [0.2, 0.25) is 0 Å². The lowest BCUT2D eigenvalue weighted by Gasteiger charge is -2.31. The lowest BCUT2D eigenvalue weighted by Crippen LogP contribution is -2.47. The highest BCUT2D eigenvalue weighted by Crippen LogP contribution is 2.30. The molecule has 2 atom stereocenters. The molecule has 108 valence electrons. The van der Waals surface area contributed by atoms with Gasteiger partial charge in [-0.25, -0.2) is 0 Å². The maximum absolute atomic E-state index is 9.59. The van der Waals surface area contributed by atoms with E-state index in [9.17, 15) is 5.11 Å². The molecule has 19 heavy (non-hydrogen) atoms. The van der Waals surface area contributed by atoms with Crippen LogP contribution in [-0.2, 0) is 0 Å². The first-order valence-corrected chi connectivity index (χ1v) is 8.44. The molecule has 0 aliphatic rings. The second-order valence-electron chi connectivity index (χ2n) is 5.24. The van der Waals surface area contributed by atoms with Gasteiger partial charge in [0, 0.05) is 20.2 Å². The molecule has 0 amide bonds. The Balaban J connectivity index is 2.55. The van der Waals surface area contributed by atoms with Gasteiger partial charge in [-0.2, -0.15) is 0 Å². The van der Waals surface area contributed by atoms with Crippen LogP contribution in [0, 0.1) is 0 Å². The van der Waals surface area contributed by atoms with E-state index in [1.807, 2.05) is 17.8 Å². The van der Waals surface area contributed by atoms with Crippen LogP contribution in [0.25, 0.3) is 0 Å². The van der Waals surface area contributed by atoms with Gasteiger partial charge >= 0.3 is 0 Å². The molecule has 0 aromatic heterocycles. The molecule has 0 saturated carbocycles. The fraction of sp³-hybridized carbons (Fsp3) is 0.600. The third-order valence-corrected chi connectivity index (χ3v) is 4.61. The number of aliphatic hydroxyl groups excluding tert-OH is 1. The van der Waals surface area contributed by atoms with E-state index in [4.69, 9.17) is 0 Å². The first-order chi connectivity index (χ1) is 8.99. The van der Waals surface area contributed by atoms with E-state index in [0.29, 0.717) is 5.25 Å². The van der Waals surface area contributed by atoms with Gasteiger partial charge in [0.15, 0.2) is 0 Å². The topological polar surface area (TPSA) is 32.3 Å². The minimum atomic E-state index is -0.186. The zero-order chi connectivity index (χ0) is 14.3. The lowest BCUT2D eigenvalue weighted by molar-refractivity contribution is 0.166. The van der Waals surface area contributed by atoms with Crippen LogP contribution < -0.4 is 5.32 Å². The third-order valence-electron chi connectivity index (χ3n) is 3.02. The fourth-order valence-electron chi connectivity index (χ4n) is 2.07. The lowest BCUT2D eigenvalue weighted by atomic mass is 9.97. The fourth-order valence-corrected chi connectivity index (χ4v) is 3.89.